The monoisotopic (exact) mass is 437 g/mol. The van der Waals surface area contributed by atoms with Crippen LogP contribution in [0.4, 0.5) is 5.69 Å². The lowest BCUT2D eigenvalue weighted by molar-refractivity contribution is -0.116. The van der Waals surface area contributed by atoms with Gasteiger partial charge in [0.15, 0.2) is 5.16 Å². The summed E-state index contributed by atoms with van der Waals surface area (Å²) in [6, 6.07) is 13.4. The number of aromatic nitrogens is 4. The number of carbonyl (C=O) groups excluding carboxylic acids is 1. The zero-order chi connectivity index (χ0) is 20.9. The fraction of sp³-hybridized carbons (Fsp3) is 0.190. The van der Waals surface area contributed by atoms with Crippen molar-refractivity contribution < 1.29 is 9.32 Å². The molecule has 0 saturated carbocycles. The summed E-state index contributed by atoms with van der Waals surface area (Å²) in [5.74, 6) is 0.902. The van der Waals surface area contributed by atoms with Gasteiger partial charge in [-0.05, 0) is 67.4 Å². The Hall–Kier alpha value is -3.04. The van der Waals surface area contributed by atoms with Gasteiger partial charge in [0.2, 0.25) is 17.6 Å². The van der Waals surface area contributed by atoms with E-state index in [0.29, 0.717) is 23.3 Å². The van der Waals surface area contributed by atoms with Crippen molar-refractivity contribution in [2.75, 3.05) is 5.32 Å². The maximum atomic E-state index is 12.2. The molecule has 0 radical (unpaired) electrons. The molecular formula is C21H19N5O2S2. The molecule has 9 heteroatoms. The van der Waals surface area contributed by atoms with E-state index in [1.807, 2.05) is 61.7 Å². The molecule has 152 valence electrons. The summed E-state index contributed by atoms with van der Waals surface area (Å²) in [6.07, 6.45) is 0.654. The van der Waals surface area contributed by atoms with E-state index in [1.165, 1.54) is 11.8 Å². The van der Waals surface area contributed by atoms with Crippen LogP contribution in [0.2, 0.25) is 0 Å². The number of hydrogen-bond acceptors (Lipinski definition) is 8. The molecule has 0 aliphatic heterocycles. The molecule has 1 amide bonds. The summed E-state index contributed by atoms with van der Waals surface area (Å²) in [5, 5.41) is 9.51. The van der Waals surface area contributed by atoms with E-state index in [-0.39, 0.29) is 12.3 Å². The number of benzene rings is 1. The number of nitrogens with one attached hydrogen (secondary N) is 1. The Kier molecular flexibility index (Phi) is 6.20. The van der Waals surface area contributed by atoms with Crippen molar-refractivity contribution in [3.8, 4) is 10.7 Å². The highest BCUT2D eigenvalue weighted by atomic mass is 32.2. The molecule has 0 saturated heterocycles. The molecule has 0 fully saturated rings. The van der Waals surface area contributed by atoms with Gasteiger partial charge in [0, 0.05) is 34.8 Å². The Morgan fingerprint density at radius 1 is 1.10 bits per heavy atom. The second-order valence-electron chi connectivity index (χ2n) is 6.60. The Morgan fingerprint density at radius 3 is 2.57 bits per heavy atom. The lowest BCUT2D eigenvalue weighted by atomic mass is 10.2. The summed E-state index contributed by atoms with van der Waals surface area (Å²) < 4.78 is 5.23. The fourth-order valence-corrected chi connectivity index (χ4v) is 4.27. The van der Waals surface area contributed by atoms with Gasteiger partial charge in [0.1, 0.15) is 0 Å². The number of amides is 1. The summed E-state index contributed by atoms with van der Waals surface area (Å²) >= 11 is 3.03. The summed E-state index contributed by atoms with van der Waals surface area (Å²) in [6.45, 7) is 3.91. The van der Waals surface area contributed by atoms with Crippen LogP contribution in [0.5, 0.6) is 0 Å². The smallest absolute Gasteiger partial charge is 0.227 e. The van der Waals surface area contributed by atoms with Gasteiger partial charge in [0.05, 0.1) is 4.88 Å². The molecule has 4 rings (SSSR count). The molecule has 1 aromatic carbocycles. The Bertz CT molecular complexity index is 1120. The molecule has 4 aromatic rings. The van der Waals surface area contributed by atoms with Crippen molar-refractivity contribution in [2.24, 2.45) is 0 Å². The first-order chi connectivity index (χ1) is 14.5. The van der Waals surface area contributed by atoms with Gasteiger partial charge in [-0.15, -0.1) is 11.3 Å². The lowest BCUT2D eigenvalue weighted by Gasteiger charge is -2.06. The quantitative estimate of drug-likeness (QED) is 0.410. The lowest BCUT2D eigenvalue weighted by Crippen LogP contribution is -2.12. The zero-order valence-corrected chi connectivity index (χ0v) is 18.1. The van der Waals surface area contributed by atoms with Crippen LogP contribution in [0, 0.1) is 13.8 Å². The third kappa shape index (κ3) is 5.31. The summed E-state index contributed by atoms with van der Waals surface area (Å²) in [7, 11) is 0. The largest absolute Gasteiger partial charge is 0.339 e. The van der Waals surface area contributed by atoms with Crippen LogP contribution >= 0.6 is 23.1 Å². The molecule has 0 aliphatic carbocycles. The second kappa shape index (κ2) is 9.19. The maximum Gasteiger partial charge on any atom is 0.227 e. The van der Waals surface area contributed by atoms with Gasteiger partial charge in [-0.25, -0.2) is 9.97 Å². The normalized spacial score (nSPS) is 10.9. The first-order valence-corrected chi connectivity index (χ1v) is 11.0. The minimum atomic E-state index is -0.107. The molecule has 3 heterocycles. The van der Waals surface area contributed by atoms with E-state index in [0.717, 1.165) is 26.8 Å². The number of nitrogens with zero attached hydrogens (tertiary/aromatic N) is 4. The molecule has 30 heavy (non-hydrogen) atoms. The number of hydrogen-bond donors (Lipinski definition) is 1. The molecule has 0 aliphatic rings. The Morgan fingerprint density at radius 2 is 1.87 bits per heavy atom. The van der Waals surface area contributed by atoms with Crippen LogP contribution < -0.4 is 5.32 Å². The van der Waals surface area contributed by atoms with Gasteiger partial charge >= 0.3 is 0 Å². The van der Waals surface area contributed by atoms with E-state index in [9.17, 15) is 4.79 Å². The highest BCUT2D eigenvalue weighted by molar-refractivity contribution is 7.99. The maximum absolute atomic E-state index is 12.2. The number of carbonyl (C=O) groups is 1. The van der Waals surface area contributed by atoms with E-state index < -0.39 is 0 Å². The third-order valence-electron chi connectivity index (χ3n) is 4.08. The van der Waals surface area contributed by atoms with Gasteiger partial charge < -0.3 is 9.84 Å². The average Bonchev–Trinajstić information content (AvgIpc) is 3.39. The minimum absolute atomic E-state index is 0.107. The first kappa shape index (κ1) is 20.2. The van der Waals surface area contributed by atoms with E-state index in [4.69, 9.17) is 4.52 Å². The zero-order valence-electron chi connectivity index (χ0n) is 16.5. The second-order valence-corrected chi connectivity index (χ2v) is 8.59. The predicted molar refractivity (Wildman–Crippen MR) is 117 cm³/mol. The van der Waals surface area contributed by atoms with E-state index in [1.54, 1.807) is 11.3 Å². The van der Waals surface area contributed by atoms with Crippen molar-refractivity contribution in [1.29, 1.82) is 0 Å². The molecule has 0 bridgehead atoms. The summed E-state index contributed by atoms with van der Waals surface area (Å²) in [4.78, 5) is 27.4. The highest BCUT2D eigenvalue weighted by Crippen LogP contribution is 2.26. The third-order valence-corrected chi connectivity index (χ3v) is 5.82. The van der Waals surface area contributed by atoms with E-state index in [2.05, 4.69) is 25.4 Å². The number of aryl methyl sites for hydroxylation is 3. The number of rotatable bonds is 7. The molecule has 0 spiro atoms. The van der Waals surface area contributed by atoms with Crippen LogP contribution in [0.3, 0.4) is 0 Å². The minimum Gasteiger partial charge on any atom is -0.339 e. The average molecular weight is 438 g/mol. The Balaban J connectivity index is 1.29. The SMILES string of the molecule is Cc1cc(C)nc(Sc2ccc(NC(=O)CCc3nc(-c4cccs4)no3)cc2)n1. The van der Waals surface area contributed by atoms with Crippen molar-refractivity contribution in [1.82, 2.24) is 20.1 Å². The molecular weight excluding hydrogens is 418 g/mol. The Labute approximate surface area is 182 Å². The van der Waals surface area contributed by atoms with Crippen molar-refractivity contribution in [3.63, 3.8) is 0 Å². The first-order valence-electron chi connectivity index (χ1n) is 9.32. The van der Waals surface area contributed by atoms with Gasteiger partial charge in [-0.3, -0.25) is 4.79 Å². The van der Waals surface area contributed by atoms with Gasteiger partial charge in [-0.1, -0.05) is 11.2 Å². The summed E-state index contributed by atoms with van der Waals surface area (Å²) in [5.41, 5.74) is 2.62. The van der Waals surface area contributed by atoms with Crippen LogP contribution in [0.1, 0.15) is 23.7 Å². The van der Waals surface area contributed by atoms with Gasteiger partial charge in [0.25, 0.3) is 0 Å². The van der Waals surface area contributed by atoms with Gasteiger partial charge in [-0.2, -0.15) is 4.98 Å². The predicted octanol–water partition coefficient (Wildman–Crippen LogP) is 4.93. The molecule has 1 N–H and O–H groups in total. The van der Waals surface area contributed by atoms with Crippen molar-refractivity contribution >= 4 is 34.7 Å². The van der Waals surface area contributed by atoms with Crippen molar-refractivity contribution in [3.05, 3.63) is 65.1 Å². The van der Waals surface area contributed by atoms with Crippen molar-refractivity contribution in [2.45, 2.75) is 36.7 Å². The van der Waals surface area contributed by atoms with Crippen LogP contribution in [0.25, 0.3) is 10.7 Å². The molecule has 7 nitrogen and oxygen atoms in total. The number of anilines is 1. The standard InChI is InChI=1S/C21H19N5O2S2/c1-13-12-14(2)23-21(22-13)30-16-7-5-15(6-8-16)24-18(27)9-10-19-25-20(26-28-19)17-4-3-11-29-17/h3-8,11-12H,9-10H2,1-2H3,(H,24,27). The topological polar surface area (TPSA) is 93.8 Å². The van der Waals surface area contributed by atoms with Crippen LogP contribution in [-0.2, 0) is 11.2 Å². The van der Waals surface area contributed by atoms with Crippen LogP contribution in [-0.4, -0.2) is 26.0 Å². The number of thiophene rings is 1. The highest BCUT2D eigenvalue weighted by Gasteiger charge is 2.11. The molecule has 3 aromatic heterocycles. The van der Waals surface area contributed by atoms with E-state index >= 15 is 0 Å². The molecule has 0 unspecified atom stereocenters. The molecule has 0 atom stereocenters. The van der Waals surface area contributed by atoms with Crippen LogP contribution in [0.15, 0.2) is 62.4 Å². The fourth-order valence-electron chi connectivity index (χ4n) is 2.76.